The fourth-order valence-corrected chi connectivity index (χ4v) is 2.85. The van der Waals surface area contributed by atoms with E-state index in [0.29, 0.717) is 23.6 Å². The number of nitrogens with zero attached hydrogens (tertiary/aromatic N) is 3. The highest BCUT2D eigenvalue weighted by atomic mass is 16.6. The monoisotopic (exact) mass is 292 g/mol. The molecule has 2 heterocycles. The predicted molar refractivity (Wildman–Crippen MR) is 84.9 cm³/mol. The molecule has 0 radical (unpaired) electrons. The molecule has 2 rings (SSSR count). The molecule has 0 bridgehead atoms. The first kappa shape index (κ1) is 15.5. The molecule has 2 atom stereocenters. The minimum absolute atomic E-state index is 0.101. The molecule has 1 aliphatic heterocycles. The third kappa shape index (κ3) is 3.83. The molecule has 6 nitrogen and oxygen atoms in total. The average molecular weight is 292 g/mol. The van der Waals surface area contributed by atoms with Crippen LogP contribution in [-0.4, -0.2) is 29.0 Å². The van der Waals surface area contributed by atoms with Gasteiger partial charge in [-0.2, -0.15) is 0 Å². The van der Waals surface area contributed by atoms with Gasteiger partial charge in [0.1, 0.15) is 11.6 Å². The van der Waals surface area contributed by atoms with Crippen molar-refractivity contribution in [1.82, 2.24) is 4.98 Å². The zero-order chi connectivity index (χ0) is 15.4. The highest BCUT2D eigenvalue weighted by molar-refractivity contribution is 5.56. The van der Waals surface area contributed by atoms with Gasteiger partial charge in [0.2, 0.25) is 0 Å². The third-order valence-corrected chi connectivity index (χ3v) is 4.00. The van der Waals surface area contributed by atoms with Crippen molar-refractivity contribution in [2.75, 3.05) is 23.3 Å². The van der Waals surface area contributed by atoms with E-state index in [1.807, 2.05) is 0 Å². The molecule has 1 saturated heterocycles. The molecule has 21 heavy (non-hydrogen) atoms. The fraction of sp³-hybridized carbons (Fsp3) is 0.667. The van der Waals surface area contributed by atoms with E-state index >= 15 is 0 Å². The molecular formula is C15H24N4O2. The molecule has 6 heteroatoms. The predicted octanol–water partition coefficient (Wildman–Crippen LogP) is 3.44. The quantitative estimate of drug-likeness (QED) is 0.665. The standard InChI is InChI=1S/C15H24N4O2/c1-4-6-16-14-9-13(19(20)21)10-15(17-14)18-7-5-11(2)8-12(18)3/h9-12H,4-8H2,1-3H3,(H,16,17). The maximum absolute atomic E-state index is 11.1. The highest BCUT2D eigenvalue weighted by Gasteiger charge is 2.25. The van der Waals surface area contributed by atoms with Gasteiger partial charge in [-0.15, -0.1) is 0 Å². The normalized spacial score (nSPS) is 22.1. The second kappa shape index (κ2) is 6.74. The summed E-state index contributed by atoms with van der Waals surface area (Å²) in [6.07, 6.45) is 3.16. The molecule has 1 aliphatic rings. The second-order valence-corrected chi connectivity index (χ2v) is 5.92. The van der Waals surface area contributed by atoms with Crippen LogP contribution in [0.1, 0.15) is 40.0 Å². The number of nitro groups is 1. The van der Waals surface area contributed by atoms with Gasteiger partial charge in [-0.05, 0) is 32.1 Å². The first-order chi connectivity index (χ1) is 10.0. The van der Waals surface area contributed by atoms with Crippen molar-refractivity contribution < 1.29 is 4.92 Å². The van der Waals surface area contributed by atoms with E-state index in [-0.39, 0.29) is 10.6 Å². The average Bonchev–Trinajstić information content (AvgIpc) is 2.44. The number of rotatable bonds is 5. The molecule has 1 fully saturated rings. The zero-order valence-electron chi connectivity index (χ0n) is 13.0. The van der Waals surface area contributed by atoms with Crippen molar-refractivity contribution in [1.29, 1.82) is 0 Å². The van der Waals surface area contributed by atoms with Crippen LogP contribution in [0.3, 0.4) is 0 Å². The van der Waals surface area contributed by atoms with E-state index in [2.05, 4.69) is 36.0 Å². The third-order valence-electron chi connectivity index (χ3n) is 4.00. The summed E-state index contributed by atoms with van der Waals surface area (Å²) in [6.45, 7) is 8.14. The van der Waals surface area contributed by atoms with Gasteiger partial charge >= 0.3 is 0 Å². The maximum Gasteiger partial charge on any atom is 0.276 e. The molecular weight excluding hydrogens is 268 g/mol. The Hall–Kier alpha value is -1.85. The Labute approximate surface area is 125 Å². The van der Waals surface area contributed by atoms with Crippen molar-refractivity contribution in [3.63, 3.8) is 0 Å². The van der Waals surface area contributed by atoms with Gasteiger partial charge < -0.3 is 10.2 Å². The molecule has 0 spiro atoms. The van der Waals surface area contributed by atoms with Crippen LogP contribution in [0, 0.1) is 16.0 Å². The summed E-state index contributed by atoms with van der Waals surface area (Å²) < 4.78 is 0. The number of aromatic nitrogens is 1. The number of piperidine rings is 1. The van der Waals surface area contributed by atoms with Crippen LogP contribution < -0.4 is 10.2 Å². The van der Waals surface area contributed by atoms with E-state index in [9.17, 15) is 10.1 Å². The molecule has 1 N–H and O–H groups in total. The molecule has 0 aromatic carbocycles. The first-order valence-corrected chi connectivity index (χ1v) is 7.68. The topological polar surface area (TPSA) is 71.3 Å². The lowest BCUT2D eigenvalue weighted by Crippen LogP contribution is -2.40. The van der Waals surface area contributed by atoms with E-state index in [1.54, 1.807) is 6.07 Å². The SMILES string of the molecule is CCCNc1cc([N+](=O)[O-])cc(N2CCC(C)CC2C)n1. The van der Waals surface area contributed by atoms with E-state index in [1.165, 1.54) is 6.07 Å². The Balaban J connectivity index is 2.28. The zero-order valence-corrected chi connectivity index (χ0v) is 13.0. The number of nitrogens with one attached hydrogen (secondary N) is 1. The lowest BCUT2D eigenvalue weighted by atomic mass is 9.93. The fourth-order valence-electron chi connectivity index (χ4n) is 2.85. The van der Waals surface area contributed by atoms with Crippen molar-refractivity contribution in [3.05, 3.63) is 22.2 Å². The lowest BCUT2D eigenvalue weighted by molar-refractivity contribution is -0.384. The highest BCUT2D eigenvalue weighted by Crippen LogP contribution is 2.30. The van der Waals surface area contributed by atoms with Crippen LogP contribution >= 0.6 is 0 Å². The number of hydrogen-bond donors (Lipinski definition) is 1. The van der Waals surface area contributed by atoms with Gasteiger partial charge in [-0.3, -0.25) is 10.1 Å². The van der Waals surface area contributed by atoms with Crippen LogP contribution in [0.15, 0.2) is 12.1 Å². The molecule has 1 aromatic heterocycles. The molecule has 0 aliphatic carbocycles. The smallest absolute Gasteiger partial charge is 0.276 e. The number of hydrogen-bond acceptors (Lipinski definition) is 5. The first-order valence-electron chi connectivity index (χ1n) is 7.68. The minimum Gasteiger partial charge on any atom is -0.370 e. The molecule has 0 saturated carbocycles. The summed E-state index contributed by atoms with van der Waals surface area (Å²) >= 11 is 0. The summed E-state index contributed by atoms with van der Waals surface area (Å²) in [7, 11) is 0. The van der Waals surface area contributed by atoms with Gasteiger partial charge in [0.05, 0.1) is 17.1 Å². The van der Waals surface area contributed by atoms with Crippen molar-refractivity contribution in [2.45, 2.75) is 46.1 Å². The Morgan fingerprint density at radius 3 is 2.86 bits per heavy atom. The lowest BCUT2D eigenvalue weighted by Gasteiger charge is -2.37. The van der Waals surface area contributed by atoms with Gasteiger partial charge in [0.15, 0.2) is 0 Å². The Bertz CT molecular complexity index is 506. The summed E-state index contributed by atoms with van der Waals surface area (Å²) in [4.78, 5) is 17.5. The largest absolute Gasteiger partial charge is 0.370 e. The Kier molecular flexibility index (Phi) is 4.98. The molecule has 0 amide bonds. The second-order valence-electron chi connectivity index (χ2n) is 5.92. The van der Waals surface area contributed by atoms with Crippen molar-refractivity contribution in [2.24, 2.45) is 5.92 Å². The van der Waals surface area contributed by atoms with Crippen LogP contribution in [0.4, 0.5) is 17.3 Å². The summed E-state index contributed by atoms with van der Waals surface area (Å²) in [5.41, 5.74) is 0.101. The van der Waals surface area contributed by atoms with Crippen molar-refractivity contribution in [3.8, 4) is 0 Å². The van der Waals surface area contributed by atoms with Crippen LogP contribution in [-0.2, 0) is 0 Å². The number of pyridine rings is 1. The molecule has 116 valence electrons. The number of anilines is 2. The Morgan fingerprint density at radius 2 is 2.24 bits per heavy atom. The van der Waals surface area contributed by atoms with Crippen LogP contribution in [0.2, 0.25) is 0 Å². The van der Waals surface area contributed by atoms with Crippen LogP contribution in [0.25, 0.3) is 0 Å². The van der Waals surface area contributed by atoms with E-state index in [4.69, 9.17) is 0 Å². The van der Waals surface area contributed by atoms with Gasteiger partial charge in [-0.1, -0.05) is 13.8 Å². The Morgan fingerprint density at radius 1 is 1.48 bits per heavy atom. The van der Waals surface area contributed by atoms with Crippen molar-refractivity contribution >= 4 is 17.3 Å². The van der Waals surface area contributed by atoms with Gasteiger partial charge in [0.25, 0.3) is 5.69 Å². The summed E-state index contributed by atoms with van der Waals surface area (Å²) in [6, 6.07) is 3.46. The summed E-state index contributed by atoms with van der Waals surface area (Å²) in [5, 5.41) is 14.3. The van der Waals surface area contributed by atoms with Gasteiger partial charge in [-0.25, -0.2) is 4.98 Å². The minimum atomic E-state index is -0.348. The van der Waals surface area contributed by atoms with E-state index < -0.39 is 0 Å². The van der Waals surface area contributed by atoms with E-state index in [0.717, 1.165) is 32.4 Å². The molecule has 2 unspecified atom stereocenters. The van der Waals surface area contributed by atoms with Gasteiger partial charge in [0, 0.05) is 19.1 Å². The van der Waals surface area contributed by atoms with Crippen LogP contribution in [0.5, 0.6) is 0 Å². The summed E-state index contributed by atoms with van der Waals surface area (Å²) in [5.74, 6) is 2.00. The molecule has 1 aromatic rings. The maximum atomic E-state index is 11.1.